The van der Waals surface area contributed by atoms with Gasteiger partial charge >= 0.3 is 5.97 Å². The van der Waals surface area contributed by atoms with E-state index in [-0.39, 0.29) is 19.1 Å². The van der Waals surface area contributed by atoms with Crippen LogP contribution in [0.1, 0.15) is 23.6 Å². The molecular formula is C26H20BrN3O5. The highest BCUT2D eigenvalue weighted by molar-refractivity contribution is 9.10. The Balaban J connectivity index is 1.35. The van der Waals surface area contributed by atoms with Crippen LogP contribution in [0.2, 0.25) is 0 Å². The maximum absolute atomic E-state index is 12.5. The van der Waals surface area contributed by atoms with Crippen LogP contribution in [0.4, 0.5) is 5.69 Å². The van der Waals surface area contributed by atoms with Crippen molar-refractivity contribution in [3.63, 3.8) is 0 Å². The average molecular weight is 534 g/mol. The summed E-state index contributed by atoms with van der Waals surface area (Å²) < 4.78 is 13.4. The Morgan fingerprint density at radius 2 is 1.89 bits per heavy atom. The first-order valence-corrected chi connectivity index (χ1v) is 11.6. The van der Waals surface area contributed by atoms with Gasteiger partial charge in [0.25, 0.3) is 0 Å². The number of nitrogens with zero attached hydrogens (tertiary/aromatic N) is 2. The molecule has 0 saturated heterocycles. The number of hydrogen-bond acceptors (Lipinski definition) is 5. The van der Waals surface area contributed by atoms with Gasteiger partial charge in [-0.3, -0.25) is 9.59 Å². The molecule has 1 atom stereocenters. The number of hydrogen-bond donors (Lipinski definition) is 2. The number of carbonyl (C=O) groups excluding carboxylic acids is 1. The number of nitrogens with one attached hydrogen (secondary N) is 1. The number of imidazole rings is 1. The molecule has 1 aliphatic rings. The minimum Gasteiger partial charge on any atom is -0.481 e. The van der Waals surface area contributed by atoms with Gasteiger partial charge in [-0.25, -0.2) is 4.98 Å². The number of anilines is 1. The Bertz CT molecular complexity index is 1450. The van der Waals surface area contributed by atoms with Crippen molar-refractivity contribution in [2.45, 2.75) is 12.5 Å². The number of fused-ring (bicyclic) bond motifs is 2. The zero-order valence-electron chi connectivity index (χ0n) is 18.3. The molecule has 0 aliphatic carbocycles. The lowest BCUT2D eigenvalue weighted by Crippen LogP contribution is -2.14. The Labute approximate surface area is 208 Å². The molecule has 2 heterocycles. The van der Waals surface area contributed by atoms with E-state index in [2.05, 4.69) is 26.2 Å². The van der Waals surface area contributed by atoms with Crippen LogP contribution in [-0.2, 0) is 9.59 Å². The molecule has 8 nitrogen and oxygen atoms in total. The quantitative estimate of drug-likeness (QED) is 0.315. The first-order valence-electron chi connectivity index (χ1n) is 10.8. The van der Waals surface area contributed by atoms with Crippen molar-refractivity contribution in [1.29, 1.82) is 0 Å². The van der Waals surface area contributed by atoms with Crippen LogP contribution >= 0.6 is 15.9 Å². The second kappa shape index (κ2) is 9.63. The molecule has 5 rings (SSSR count). The van der Waals surface area contributed by atoms with E-state index < -0.39 is 12.0 Å². The highest BCUT2D eigenvalue weighted by atomic mass is 79.9. The normalized spacial score (nSPS) is 13.3. The van der Waals surface area contributed by atoms with Crippen LogP contribution in [0.15, 0.2) is 77.5 Å². The molecule has 2 N–H and O–H groups in total. The molecule has 0 saturated carbocycles. The van der Waals surface area contributed by atoms with Crippen molar-refractivity contribution in [2.24, 2.45) is 0 Å². The van der Waals surface area contributed by atoms with Crippen LogP contribution in [-0.4, -0.2) is 33.3 Å². The lowest BCUT2D eigenvalue weighted by molar-refractivity contribution is -0.137. The number of aliphatic carboxylic acids is 1. The Hall–Kier alpha value is -4.11. The minimum absolute atomic E-state index is 0.0752. The van der Waals surface area contributed by atoms with Gasteiger partial charge in [0.2, 0.25) is 12.7 Å². The van der Waals surface area contributed by atoms with Gasteiger partial charge in [-0.15, -0.1) is 0 Å². The lowest BCUT2D eigenvalue weighted by atomic mass is 10.0. The first kappa shape index (κ1) is 22.7. The van der Waals surface area contributed by atoms with E-state index in [0.29, 0.717) is 22.7 Å². The number of rotatable bonds is 7. The minimum atomic E-state index is -0.898. The summed E-state index contributed by atoms with van der Waals surface area (Å²) >= 11 is 3.47. The molecule has 1 aliphatic heterocycles. The number of carboxylic acids is 1. The van der Waals surface area contributed by atoms with Crippen molar-refractivity contribution >= 4 is 50.6 Å². The summed E-state index contributed by atoms with van der Waals surface area (Å²) in [5.41, 5.74) is 3.67. The van der Waals surface area contributed by atoms with Crippen molar-refractivity contribution in [1.82, 2.24) is 9.55 Å². The zero-order valence-corrected chi connectivity index (χ0v) is 19.9. The van der Waals surface area contributed by atoms with E-state index >= 15 is 0 Å². The maximum Gasteiger partial charge on any atom is 0.305 e. The molecule has 0 spiro atoms. The van der Waals surface area contributed by atoms with Gasteiger partial charge in [-0.1, -0.05) is 46.3 Å². The SMILES string of the molecule is O=C(O)C[C@@H](c1ccccc1)n1cnc2cc(NC(=O)C=Cc3cc4c(cc3Br)OCO4)ccc21. The molecule has 0 fully saturated rings. The van der Waals surface area contributed by atoms with E-state index in [1.807, 2.05) is 41.0 Å². The van der Waals surface area contributed by atoms with Gasteiger partial charge in [0.05, 0.1) is 29.8 Å². The van der Waals surface area contributed by atoms with E-state index in [9.17, 15) is 14.7 Å². The summed E-state index contributed by atoms with van der Waals surface area (Å²) in [6.07, 6.45) is 4.68. The van der Waals surface area contributed by atoms with Gasteiger partial charge in [0.15, 0.2) is 11.5 Å². The van der Waals surface area contributed by atoms with Crippen molar-refractivity contribution in [2.75, 3.05) is 12.1 Å². The van der Waals surface area contributed by atoms with E-state index in [1.54, 1.807) is 36.7 Å². The molecule has 1 amide bonds. The molecule has 35 heavy (non-hydrogen) atoms. The van der Waals surface area contributed by atoms with Crippen LogP contribution < -0.4 is 14.8 Å². The van der Waals surface area contributed by atoms with Crippen LogP contribution in [0, 0.1) is 0 Å². The molecule has 3 aromatic carbocycles. The molecule has 0 unspecified atom stereocenters. The number of halogens is 1. The highest BCUT2D eigenvalue weighted by Crippen LogP contribution is 2.37. The fourth-order valence-electron chi connectivity index (χ4n) is 3.99. The van der Waals surface area contributed by atoms with E-state index in [1.165, 1.54) is 6.08 Å². The van der Waals surface area contributed by atoms with E-state index in [0.717, 1.165) is 21.1 Å². The van der Waals surface area contributed by atoms with Crippen LogP contribution in [0.3, 0.4) is 0 Å². The molecule has 0 radical (unpaired) electrons. The molecule has 1 aromatic heterocycles. The third-order valence-corrected chi connectivity index (χ3v) is 6.32. The van der Waals surface area contributed by atoms with Gasteiger partial charge in [0, 0.05) is 16.2 Å². The second-order valence-corrected chi connectivity index (χ2v) is 8.78. The Morgan fingerprint density at radius 3 is 2.66 bits per heavy atom. The summed E-state index contributed by atoms with van der Waals surface area (Å²) in [4.78, 5) is 28.5. The summed E-state index contributed by atoms with van der Waals surface area (Å²) in [5.74, 6) is 0.0851. The molecular weight excluding hydrogens is 514 g/mol. The predicted molar refractivity (Wildman–Crippen MR) is 134 cm³/mol. The van der Waals surface area contributed by atoms with Crippen molar-refractivity contribution < 1.29 is 24.2 Å². The Morgan fingerprint density at radius 1 is 1.11 bits per heavy atom. The Kier molecular flexibility index (Phi) is 6.24. The standard InChI is InChI=1S/C26H20BrN3O5/c27-19-12-24-23(34-15-35-24)10-17(19)6-9-25(31)29-18-7-8-21-20(11-18)28-14-30(21)22(13-26(32)33)16-4-2-1-3-5-16/h1-12,14,22H,13,15H2,(H,29,31)(H,32,33)/t22-/m0/s1. The summed E-state index contributed by atoms with van der Waals surface area (Å²) in [7, 11) is 0. The number of aromatic nitrogens is 2. The van der Waals surface area contributed by atoms with Gasteiger partial charge in [-0.05, 0) is 47.5 Å². The number of carbonyl (C=O) groups is 2. The number of benzene rings is 3. The summed E-state index contributed by atoms with van der Waals surface area (Å²) in [6, 6.07) is 18.0. The maximum atomic E-state index is 12.5. The molecule has 176 valence electrons. The van der Waals surface area contributed by atoms with Gasteiger partial charge in [-0.2, -0.15) is 0 Å². The second-order valence-electron chi connectivity index (χ2n) is 7.93. The lowest BCUT2D eigenvalue weighted by Gasteiger charge is -2.18. The summed E-state index contributed by atoms with van der Waals surface area (Å²) in [6.45, 7) is 0.177. The number of amides is 1. The molecule has 0 bridgehead atoms. The van der Waals surface area contributed by atoms with Crippen molar-refractivity contribution in [3.05, 3.63) is 88.7 Å². The number of ether oxygens (including phenoxy) is 2. The third-order valence-electron chi connectivity index (χ3n) is 5.64. The average Bonchev–Trinajstić information content (AvgIpc) is 3.47. The molecule has 4 aromatic rings. The topological polar surface area (TPSA) is 103 Å². The smallest absolute Gasteiger partial charge is 0.305 e. The largest absolute Gasteiger partial charge is 0.481 e. The van der Waals surface area contributed by atoms with Crippen LogP contribution in [0.25, 0.3) is 17.1 Å². The third kappa shape index (κ3) is 4.90. The zero-order chi connectivity index (χ0) is 24.4. The fourth-order valence-corrected chi connectivity index (χ4v) is 4.44. The predicted octanol–water partition coefficient (Wildman–Crippen LogP) is 5.24. The fraction of sp³-hybridized carbons (Fsp3) is 0.115. The van der Waals surface area contributed by atoms with E-state index in [4.69, 9.17) is 9.47 Å². The van der Waals surface area contributed by atoms with Gasteiger partial charge in [0.1, 0.15) is 0 Å². The van der Waals surface area contributed by atoms with Crippen LogP contribution in [0.5, 0.6) is 11.5 Å². The molecule has 9 heteroatoms. The first-order chi connectivity index (χ1) is 17.0. The monoisotopic (exact) mass is 533 g/mol. The van der Waals surface area contributed by atoms with Crippen molar-refractivity contribution in [3.8, 4) is 11.5 Å². The number of carboxylic acid groups (broad SMARTS) is 1. The van der Waals surface area contributed by atoms with Gasteiger partial charge < -0.3 is 24.5 Å². The summed E-state index contributed by atoms with van der Waals surface area (Å²) in [5, 5.41) is 12.3. The highest BCUT2D eigenvalue weighted by Gasteiger charge is 2.20.